The molecule has 17 heavy (non-hydrogen) atoms. The molecule has 2 rings (SSSR count). The van der Waals surface area contributed by atoms with Crippen molar-refractivity contribution in [1.82, 2.24) is 9.71 Å². The highest BCUT2D eigenvalue weighted by atomic mass is 35.5. The summed E-state index contributed by atoms with van der Waals surface area (Å²) in [5, 5.41) is 0.156. The number of hydrogen-bond acceptors (Lipinski definition) is 4. The number of hydrogen-bond donors (Lipinski definition) is 1. The molecule has 1 N–H and O–H groups in total. The maximum Gasteiger partial charge on any atom is 0.241 e. The summed E-state index contributed by atoms with van der Waals surface area (Å²) in [5.74, 6) is 0. The van der Waals surface area contributed by atoms with Crippen LogP contribution in [0.2, 0.25) is 5.15 Å². The Morgan fingerprint density at radius 2 is 2.35 bits per heavy atom. The fourth-order valence-electron chi connectivity index (χ4n) is 1.71. The molecule has 2 heterocycles. The van der Waals surface area contributed by atoms with Crippen molar-refractivity contribution in [3.8, 4) is 0 Å². The van der Waals surface area contributed by atoms with E-state index in [0.717, 1.165) is 0 Å². The summed E-state index contributed by atoms with van der Waals surface area (Å²) in [5.41, 5.74) is 0. The molecule has 1 aliphatic heterocycles. The summed E-state index contributed by atoms with van der Waals surface area (Å²) in [6.45, 7) is 2.42. The Kier molecular flexibility index (Phi) is 3.67. The number of pyridine rings is 1. The lowest BCUT2D eigenvalue weighted by Gasteiger charge is -2.16. The van der Waals surface area contributed by atoms with Crippen LogP contribution in [0.15, 0.2) is 23.2 Å². The number of nitrogens with zero attached hydrogens (tertiary/aromatic N) is 1. The van der Waals surface area contributed by atoms with Gasteiger partial charge in [0.2, 0.25) is 10.0 Å². The molecule has 1 aliphatic rings. The van der Waals surface area contributed by atoms with Gasteiger partial charge in [-0.15, -0.1) is 0 Å². The quantitative estimate of drug-likeness (QED) is 0.842. The number of aromatic nitrogens is 1. The van der Waals surface area contributed by atoms with E-state index in [9.17, 15) is 8.42 Å². The van der Waals surface area contributed by atoms with Gasteiger partial charge in [-0.05, 0) is 25.5 Å². The van der Waals surface area contributed by atoms with Crippen molar-refractivity contribution in [2.24, 2.45) is 0 Å². The summed E-state index contributed by atoms with van der Waals surface area (Å²) < 4.78 is 32.0. The van der Waals surface area contributed by atoms with E-state index in [1.54, 1.807) is 0 Å². The number of ether oxygens (including phenoxy) is 1. The maximum atomic E-state index is 12.0. The van der Waals surface area contributed by atoms with Crippen molar-refractivity contribution >= 4 is 21.6 Å². The number of sulfonamides is 1. The van der Waals surface area contributed by atoms with Crippen LogP contribution in [0.4, 0.5) is 0 Å². The van der Waals surface area contributed by atoms with Crippen LogP contribution >= 0.6 is 11.6 Å². The van der Waals surface area contributed by atoms with Gasteiger partial charge in [-0.25, -0.2) is 18.1 Å². The largest absolute Gasteiger partial charge is 0.377 e. The Morgan fingerprint density at radius 1 is 1.59 bits per heavy atom. The number of nitrogens with one attached hydrogen (secondary N) is 1. The van der Waals surface area contributed by atoms with E-state index in [0.29, 0.717) is 13.0 Å². The average molecular weight is 277 g/mol. The Bertz CT molecular complexity index is 506. The van der Waals surface area contributed by atoms with Crippen molar-refractivity contribution < 1.29 is 13.2 Å². The standard InChI is InChI=1S/C10H13ClN2O3S/c1-7-9(3-5-16-7)13-17(14,15)8-2-4-12-10(11)6-8/h2,4,6-7,9,13H,3,5H2,1H3. The minimum atomic E-state index is -3.55. The summed E-state index contributed by atoms with van der Waals surface area (Å²) in [6, 6.07) is 2.55. The van der Waals surface area contributed by atoms with Gasteiger partial charge in [0, 0.05) is 12.8 Å². The second kappa shape index (κ2) is 4.89. The Labute approximate surface area is 105 Å². The van der Waals surface area contributed by atoms with Gasteiger partial charge in [-0.1, -0.05) is 11.6 Å². The molecule has 5 nitrogen and oxygen atoms in total. The molecule has 2 atom stereocenters. The Morgan fingerprint density at radius 3 is 2.94 bits per heavy atom. The summed E-state index contributed by atoms with van der Waals surface area (Å²) >= 11 is 5.67. The van der Waals surface area contributed by atoms with Gasteiger partial charge in [0.15, 0.2) is 0 Å². The van der Waals surface area contributed by atoms with E-state index in [1.165, 1.54) is 18.3 Å². The van der Waals surface area contributed by atoms with E-state index in [-0.39, 0.29) is 22.2 Å². The molecular weight excluding hydrogens is 264 g/mol. The van der Waals surface area contributed by atoms with Gasteiger partial charge >= 0.3 is 0 Å². The zero-order chi connectivity index (χ0) is 12.5. The van der Waals surface area contributed by atoms with Gasteiger partial charge in [0.05, 0.1) is 17.0 Å². The van der Waals surface area contributed by atoms with Gasteiger partial charge < -0.3 is 4.74 Å². The van der Waals surface area contributed by atoms with E-state index in [2.05, 4.69) is 9.71 Å². The highest BCUT2D eigenvalue weighted by Gasteiger charge is 2.29. The first kappa shape index (κ1) is 12.8. The Hall–Kier alpha value is -0.690. The van der Waals surface area contributed by atoms with Crippen LogP contribution in [0.5, 0.6) is 0 Å². The molecule has 0 saturated carbocycles. The van der Waals surface area contributed by atoms with Gasteiger partial charge in [-0.3, -0.25) is 0 Å². The monoisotopic (exact) mass is 276 g/mol. The van der Waals surface area contributed by atoms with Crippen LogP contribution < -0.4 is 4.72 Å². The molecule has 1 fully saturated rings. The highest BCUT2D eigenvalue weighted by molar-refractivity contribution is 7.89. The van der Waals surface area contributed by atoms with Crippen molar-refractivity contribution in [1.29, 1.82) is 0 Å². The third-order valence-corrected chi connectivity index (χ3v) is 4.39. The van der Waals surface area contributed by atoms with E-state index < -0.39 is 10.0 Å². The summed E-state index contributed by atoms with van der Waals surface area (Å²) in [6.07, 6.45) is 1.94. The first-order valence-corrected chi connectivity index (χ1v) is 7.10. The van der Waals surface area contributed by atoms with Gasteiger partial charge in [0.25, 0.3) is 0 Å². The Balaban J connectivity index is 2.19. The molecule has 0 spiro atoms. The molecule has 0 bridgehead atoms. The molecule has 1 aromatic heterocycles. The van der Waals surface area contributed by atoms with Crippen molar-refractivity contribution in [2.75, 3.05) is 6.61 Å². The maximum absolute atomic E-state index is 12.0. The van der Waals surface area contributed by atoms with E-state index >= 15 is 0 Å². The van der Waals surface area contributed by atoms with Crippen LogP contribution in [0.3, 0.4) is 0 Å². The van der Waals surface area contributed by atoms with Crippen LogP contribution in [0.25, 0.3) is 0 Å². The lowest BCUT2D eigenvalue weighted by molar-refractivity contribution is 0.117. The molecule has 7 heteroatoms. The molecule has 0 radical (unpaired) electrons. The lowest BCUT2D eigenvalue weighted by Crippen LogP contribution is -2.39. The minimum absolute atomic E-state index is 0.109. The topological polar surface area (TPSA) is 68.3 Å². The fourth-order valence-corrected chi connectivity index (χ4v) is 3.30. The van der Waals surface area contributed by atoms with Gasteiger partial charge in [0.1, 0.15) is 5.15 Å². The molecule has 94 valence electrons. The molecule has 2 unspecified atom stereocenters. The molecule has 0 aromatic carbocycles. The zero-order valence-corrected chi connectivity index (χ0v) is 10.8. The lowest BCUT2D eigenvalue weighted by atomic mass is 10.2. The highest BCUT2D eigenvalue weighted by Crippen LogP contribution is 2.18. The van der Waals surface area contributed by atoms with Crippen LogP contribution in [0.1, 0.15) is 13.3 Å². The first-order valence-electron chi connectivity index (χ1n) is 5.24. The van der Waals surface area contributed by atoms with Crippen molar-refractivity contribution in [2.45, 2.75) is 30.4 Å². The van der Waals surface area contributed by atoms with Gasteiger partial charge in [-0.2, -0.15) is 0 Å². The molecule has 1 saturated heterocycles. The molecule has 0 amide bonds. The number of rotatable bonds is 3. The minimum Gasteiger partial charge on any atom is -0.377 e. The fraction of sp³-hybridized carbons (Fsp3) is 0.500. The predicted molar refractivity (Wildman–Crippen MR) is 63.4 cm³/mol. The second-order valence-corrected chi connectivity index (χ2v) is 6.01. The number of halogens is 1. The van der Waals surface area contributed by atoms with Crippen LogP contribution in [-0.4, -0.2) is 32.2 Å². The summed E-state index contributed by atoms with van der Waals surface area (Å²) in [7, 11) is -3.55. The van der Waals surface area contributed by atoms with Crippen molar-refractivity contribution in [3.05, 3.63) is 23.5 Å². The molecule has 0 aliphatic carbocycles. The van der Waals surface area contributed by atoms with Crippen molar-refractivity contribution in [3.63, 3.8) is 0 Å². The smallest absolute Gasteiger partial charge is 0.241 e. The van der Waals surface area contributed by atoms with Crippen LogP contribution in [-0.2, 0) is 14.8 Å². The second-order valence-electron chi connectivity index (χ2n) is 3.91. The molecule has 1 aromatic rings. The normalized spacial score (nSPS) is 25.1. The SMILES string of the molecule is CC1OCCC1NS(=O)(=O)c1ccnc(Cl)c1. The first-order chi connectivity index (χ1) is 7.99. The van der Waals surface area contributed by atoms with Crippen LogP contribution in [0, 0.1) is 0 Å². The predicted octanol–water partition coefficient (Wildman–Crippen LogP) is 1.19. The zero-order valence-electron chi connectivity index (χ0n) is 9.26. The third-order valence-electron chi connectivity index (χ3n) is 2.69. The average Bonchev–Trinajstić information content (AvgIpc) is 2.64. The van der Waals surface area contributed by atoms with E-state index in [4.69, 9.17) is 16.3 Å². The third kappa shape index (κ3) is 2.95. The molecular formula is C10H13ClN2O3S. The van der Waals surface area contributed by atoms with E-state index in [1.807, 2.05) is 6.92 Å². The summed E-state index contributed by atoms with van der Waals surface area (Å²) in [4.78, 5) is 3.87.